The lowest BCUT2D eigenvalue weighted by molar-refractivity contribution is -0.115. The molecule has 3 rings (SSSR count). The molecule has 0 spiro atoms. The zero-order chi connectivity index (χ0) is 21.3. The van der Waals surface area contributed by atoms with Gasteiger partial charge in [-0.2, -0.15) is 8.42 Å². The Balaban J connectivity index is 1.95. The number of hydrogen-bond donors (Lipinski definition) is 1. The maximum atomic E-state index is 12.9. The smallest absolute Gasteiger partial charge is 0.339 e. The summed E-state index contributed by atoms with van der Waals surface area (Å²) in [5.41, 5.74) is 2.70. The molecule has 1 aliphatic rings. The van der Waals surface area contributed by atoms with Crippen molar-refractivity contribution in [3.63, 3.8) is 0 Å². The van der Waals surface area contributed by atoms with Gasteiger partial charge in [0.05, 0.1) is 12.0 Å². The second kappa shape index (κ2) is 7.92. The molecule has 1 saturated heterocycles. The summed E-state index contributed by atoms with van der Waals surface area (Å²) in [6.07, 6.45) is 1.51. The van der Waals surface area contributed by atoms with Crippen molar-refractivity contribution in [3.05, 3.63) is 57.5 Å². The topological polar surface area (TPSA) is 98.8 Å². The first-order chi connectivity index (χ1) is 13.6. The van der Waals surface area contributed by atoms with E-state index in [1.165, 1.54) is 25.3 Å². The Morgan fingerprint density at radius 3 is 2.21 bits per heavy atom. The number of ether oxygens (including phenoxy) is 1. The van der Waals surface area contributed by atoms with Crippen molar-refractivity contribution in [2.75, 3.05) is 7.11 Å². The van der Waals surface area contributed by atoms with Crippen LogP contribution in [0.15, 0.2) is 40.1 Å². The van der Waals surface area contributed by atoms with Crippen molar-refractivity contribution in [1.82, 2.24) is 5.32 Å². The van der Waals surface area contributed by atoms with Crippen LogP contribution < -0.4 is 14.2 Å². The van der Waals surface area contributed by atoms with Crippen molar-refractivity contribution in [2.45, 2.75) is 25.7 Å². The van der Waals surface area contributed by atoms with E-state index < -0.39 is 21.3 Å². The molecule has 1 N–H and O–H groups in total. The molecule has 1 aliphatic heterocycles. The lowest BCUT2D eigenvalue weighted by atomic mass is 10.1. The van der Waals surface area contributed by atoms with E-state index in [4.69, 9.17) is 8.92 Å². The fraction of sp³-hybridized carbons (Fsp3) is 0.200. The summed E-state index contributed by atoms with van der Waals surface area (Å²) in [6, 6.07) is 8.11. The highest BCUT2D eigenvalue weighted by Crippen LogP contribution is 2.34. The van der Waals surface area contributed by atoms with Crippen LogP contribution in [0.25, 0.3) is 6.08 Å². The summed E-state index contributed by atoms with van der Waals surface area (Å²) in [5.74, 6) is -0.277. The van der Waals surface area contributed by atoms with Crippen molar-refractivity contribution in [1.29, 1.82) is 0 Å². The Morgan fingerprint density at radius 2 is 1.66 bits per heavy atom. The van der Waals surface area contributed by atoms with E-state index >= 15 is 0 Å². The number of methoxy groups -OCH3 is 1. The first kappa shape index (κ1) is 20.9. The summed E-state index contributed by atoms with van der Waals surface area (Å²) in [5, 5.41) is 1.73. The van der Waals surface area contributed by atoms with E-state index in [0.717, 1.165) is 17.3 Å². The van der Waals surface area contributed by atoms with Gasteiger partial charge in [0.15, 0.2) is 11.5 Å². The van der Waals surface area contributed by atoms with Gasteiger partial charge in [-0.15, -0.1) is 0 Å². The van der Waals surface area contributed by atoms with Crippen molar-refractivity contribution < 1.29 is 26.9 Å². The number of carbonyl (C=O) groups excluding carboxylic acids is 2. The van der Waals surface area contributed by atoms with Gasteiger partial charge >= 0.3 is 10.1 Å². The molecule has 0 saturated carbocycles. The van der Waals surface area contributed by atoms with Crippen LogP contribution >= 0.6 is 11.8 Å². The molecule has 0 atom stereocenters. The average Bonchev–Trinajstić information content (AvgIpc) is 2.91. The van der Waals surface area contributed by atoms with Gasteiger partial charge in [0, 0.05) is 0 Å². The number of hydrogen-bond acceptors (Lipinski definition) is 7. The third-order valence-corrected chi connectivity index (χ3v) is 6.54. The van der Waals surface area contributed by atoms with Gasteiger partial charge < -0.3 is 8.92 Å². The number of imide groups is 1. The molecular weight excluding hydrogens is 414 g/mol. The molecule has 152 valence electrons. The highest BCUT2D eigenvalue weighted by Gasteiger charge is 2.26. The summed E-state index contributed by atoms with van der Waals surface area (Å²) >= 11 is 0.791. The number of amides is 2. The quantitative estimate of drug-likeness (QED) is 0.567. The van der Waals surface area contributed by atoms with Crippen LogP contribution in [-0.2, 0) is 14.9 Å². The number of thioether (sulfide) groups is 1. The van der Waals surface area contributed by atoms with Gasteiger partial charge in [-0.1, -0.05) is 23.8 Å². The van der Waals surface area contributed by atoms with Crippen LogP contribution in [-0.4, -0.2) is 26.7 Å². The van der Waals surface area contributed by atoms with Gasteiger partial charge in [0.25, 0.3) is 11.1 Å². The van der Waals surface area contributed by atoms with E-state index in [-0.39, 0.29) is 21.3 Å². The average molecular weight is 434 g/mol. The van der Waals surface area contributed by atoms with Crippen LogP contribution in [0.5, 0.6) is 11.5 Å². The largest absolute Gasteiger partial charge is 0.493 e. The zero-order valence-corrected chi connectivity index (χ0v) is 17.9. The van der Waals surface area contributed by atoms with Crippen LogP contribution in [0.4, 0.5) is 4.79 Å². The van der Waals surface area contributed by atoms with Crippen LogP contribution in [0, 0.1) is 20.8 Å². The molecule has 2 amide bonds. The molecular formula is C20H19NO6S2. The normalized spacial score (nSPS) is 15.5. The maximum absolute atomic E-state index is 12.9. The van der Waals surface area contributed by atoms with Gasteiger partial charge in [-0.25, -0.2) is 0 Å². The molecule has 0 unspecified atom stereocenters. The minimum Gasteiger partial charge on any atom is -0.493 e. The predicted octanol–water partition coefficient (Wildman–Crippen LogP) is 3.71. The monoisotopic (exact) mass is 433 g/mol. The second-order valence-corrected chi connectivity index (χ2v) is 9.03. The SMILES string of the molecule is COc1cc(/C=C2\SC(=O)NC2=O)ccc1OS(=O)(=O)c1c(C)cc(C)cc1C. The molecule has 1 fully saturated rings. The van der Waals surface area contributed by atoms with Crippen molar-refractivity contribution >= 4 is 39.1 Å². The first-order valence-electron chi connectivity index (χ1n) is 8.56. The fourth-order valence-corrected chi connectivity index (χ4v) is 5.18. The van der Waals surface area contributed by atoms with Crippen LogP contribution in [0.3, 0.4) is 0 Å². The zero-order valence-electron chi connectivity index (χ0n) is 16.2. The molecule has 0 radical (unpaired) electrons. The van der Waals surface area contributed by atoms with Gasteiger partial charge in [0.1, 0.15) is 4.90 Å². The predicted molar refractivity (Wildman–Crippen MR) is 111 cm³/mol. The fourth-order valence-electron chi connectivity index (χ4n) is 3.14. The number of carbonyl (C=O) groups is 2. The Labute approximate surface area is 173 Å². The highest BCUT2D eigenvalue weighted by molar-refractivity contribution is 8.18. The highest BCUT2D eigenvalue weighted by atomic mass is 32.2. The molecule has 0 aliphatic carbocycles. The lowest BCUT2D eigenvalue weighted by Gasteiger charge is -2.15. The Kier molecular flexibility index (Phi) is 5.72. The minimum atomic E-state index is -4.08. The molecule has 29 heavy (non-hydrogen) atoms. The molecule has 7 nitrogen and oxygen atoms in total. The third kappa shape index (κ3) is 4.46. The maximum Gasteiger partial charge on any atom is 0.339 e. The van der Waals surface area contributed by atoms with E-state index in [9.17, 15) is 18.0 Å². The van der Waals surface area contributed by atoms with Crippen LogP contribution in [0.2, 0.25) is 0 Å². The Bertz CT molecular complexity index is 1130. The number of benzene rings is 2. The van der Waals surface area contributed by atoms with Gasteiger partial charge in [-0.3, -0.25) is 14.9 Å². The Morgan fingerprint density at radius 1 is 1.00 bits per heavy atom. The summed E-state index contributed by atoms with van der Waals surface area (Å²) < 4.78 is 36.4. The minimum absolute atomic E-state index is 0.0219. The van der Waals surface area contributed by atoms with E-state index in [2.05, 4.69) is 5.32 Å². The first-order valence-corrected chi connectivity index (χ1v) is 10.8. The molecule has 0 bridgehead atoms. The lowest BCUT2D eigenvalue weighted by Crippen LogP contribution is -2.17. The van der Waals surface area contributed by atoms with E-state index in [1.807, 2.05) is 6.92 Å². The molecule has 2 aromatic rings. The molecule has 1 heterocycles. The third-order valence-electron chi connectivity index (χ3n) is 4.18. The summed E-state index contributed by atoms with van der Waals surface area (Å²) in [7, 11) is -2.70. The second-order valence-electron chi connectivity index (χ2n) is 6.53. The number of rotatable bonds is 5. The summed E-state index contributed by atoms with van der Waals surface area (Å²) in [4.78, 5) is 23.3. The molecule has 2 aromatic carbocycles. The van der Waals surface area contributed by atoms with Crippen molar-refractivity contribution in [2.24, 2.45) is 0 Å². The van der Waals surface area contributed by atoms with Gasteiger partial charge in [-0.05, 0) is 67.4 Å². The van der Waals surface area contributed by atoms with Gasteiger partial charge in [0.2, 0.25) is 0 Å². The van der Waals surface area contributed by atoms with E-state index in [1.54, 1.807) is 32.0 Å². The number of nitrogens with one attached hydrogen (secondary N) is 1. The standard InChI is InChI=1S/C20H19NO6S2/c1-11-7-12(2)18(13(3)8-11)29(24,25)27-15-6-5-14(9-16(15)26-4)10-17-19(22)21-20(23)28-17/h5-10H,1-4H3,(H,21,22,23)/b17-10-. The summed E-state index contributed by atoms with van der Waals surface area (Å²) in [6.45, 7) is 5.33. The molecule has 9 heteroatoms. The van der Waals surface area contributed by atoms with Crippen molar-refractivity contribution in [3.8, 4) is 11.5 Å². The van der Waals surface area contributed by atoms with Crippen LogP contribution in [0.1, 0.15) is 22.3 Å². The number of aryl methyl sites for hydroxylation is 3. The van der Waals surface area contributed by atoms with E-state index in [0.29, 0.717) is 16.7 Å². The molecule has 0 aromatic heterocycles. The Hall–Kier alpha value is -2.78.